The van der Waals surface area contributed by atoms with Gasteiger partial charge in [0.05, 0.1) is 11.3 Å². The first kappa shape index (κ1) is 34.2. The first-order valence-corrected chi connectivity index (χ1v) is 15.6. The molecule has 7 heteroatoms. The number of hydrogen-bond donors (Lipinski definition) is 1. The van der Waals surface area contributed by atoms with Gasteiger partial charge in [0.1, 0.15) is 4.83 Å². The fourth-order valence-electron chi connectivity index (χ4n) is 5.03. The van der Waals surface area contributed by atoms with Gasteiger partial charge in [0, 0.05) is 47.5 Å². The van der Waals surface area contributed by atoms with Gasteiger partial charge in [0.25, 0.3) is 0 Å². The molecule has 0 bridgehead atoms. The second-order valence-electron chi connectivity index (χ2n) is 13.4. The summed E-state index contributed by atoms with van der Waals surface area (Å²) in [6.07, 6.45) is 1.17. The number of fused-ring (bicyclic) bond motifs is 4. The molecule has 0 saturated heterocycles. The van der Waals surface area contributed by atoms with Crippen molar-refractivity contribution in [1.29, 1.82) is 0 Å². The number of pyridine rings is 2. The Kier molecular flexibility index (Phi) is 9.89. The third-order valence-corrected chi connectivity index (χ3v) is 8.53. The Morgan fingerprint density at radius 3 is 2.13 bits per heavy atom. The number of aliphatic hydroxyl groups excluding tert-OH is 1. The van der Waals surface area contributed by atoms with Gasteiger partial charge in [-0.25, -0.2) is 4.98 Å². The summed E-state index contributed by atoms with van der Waals surface area (Å²) >= 11 is 1.74. The van der Waals surface area contributed by atoms with Crippen molar-refractivity contribution >= 4 is 49.4 Å². The Hall–Kier alpha value is -3.64. The van der Waals surface area contributed by atoms with E-state index in [9.17, 15) is 4.79 Å². The van der Waals surface area contributed by atoms with Crippen molar-refractivity contribution in [3.05, 3.63) is 95.4 Å². The van der Waals surface area contributed by atoms with Crippen LogP contribution in [0, 0.1) is 13.0 Å². The van der Waals surface area contributed by atoms with Crippen LogP contribution in [-0.4, -0.2) is 20.9 Å². The molecule has 1 radical (unpaired) electrons. The average molecular weight is 796 g/mol. The maximum atomic E-state index is 10.0. The molecule has 0 unspecified atom stereocenters. The first-order chi connectivity index (χ1) is 20.6. The zero-order valence-corrected chi connectivity index (χ0v) is 30.5. The average Bonchev–Trinajstić information content (AvgIpc) is 3.52. The summed E-state index contributed by atoms with van der Waals surface area (Å²) in [5.41, 5.74) is 8.24. The summed E-state index contributed by atoms with van der Waals surface area (Å²) in [5, 5.41) is 11.6. The second-order valence-corrected chi connectivity index (χ2v) is 14.4. The summed E-state index contributed by atoms with van der Waals surface area (Å²) in [5.74, 6) is -0.0625. The van der Waals surface area contributed by atoms with E-state index in [1.54, 1.807) is 11.3 Å². The fourth-order valence-corrected chi connectivity index (χ4v) is 6.05. The van der Waals surface area contributed by atoms with Gasteiger partial charge < -0.3 is 9.52 Å². The second kappa shape index (κ2) is 13.0. The number of allylic oxidation sites excluding steroid dienone is 2. The third-order valence-electron chi connectivity index (χ3n) is 7.44. The van der Waals surface area contributed by atoms with E-state index in [4.69, 9.17) is 14.5 Å². The van der Waals surface area contributed by atoms with Crippen molar-refractivity contribution in [2.45, 2.75) is 73.1 Å². The van der Waals surface area contributed by atoms with E-state index in [0.29, 0.717) is 5.71 Å². The Labute approximate surface area is 282 Å². The number of hydrogen-bond acceptors (Lipinski definition) is 6. The molecular formula is C38H39IrN2O3S-. The van der Waals surface area contributed by atoms with Gasteiger partial charge in [-0.2, -0.15) is 0 Å². The Morgan fingerprint density at radius 2 is 1.56 bits per heavy atom. The van der Waals surface area contributed by atoms with Gasteiger partial charge in [0.15, 0.2) is 5.78 Å². The normalized spacial score (nSPS) is 12.2. The summed E-state index contributed by atoms with van der Waals surface area (Å²) in [4.78, 5) is 21.9. The van der Waals surface area contributed by atoms with Crippen LogP contribution >= 0.6 is 11.3 Å². The van der Waals surface area contributed by atoms with Gasteiger partial charge in [0.2, 0.25) is 5.71 Å². The number of carbonyl (C=O) groups excluding carboxylic acids is 1. The number of benzene rings is 2. The van der Waals surface area contributed by atoms with Gasteiger partial charge in [-0.05, 0) is 84.3 Å². The van der Waals surface area contributed by atoms with Gasteiger partial charge >= 0.3 is 0 Å². The standard InChI is InChI=1S/C33H31N2OS.C5H8O2.Ir/c1-19-11-13-25-24-9-8-10-26(29(24)36-30(25)34-19)27-14-12-20-17-28(37-31(20)35-27)21-15-22(32(2,3)4)18-23(16-21)33(5,6)7;1-4(6)3-5(2)7;/h8-9,11-18H,1-7H3;3,6H,1-2H3;/q-1;;/b;4-3-;. The van der Waals surface area contributed by atoms with Crippen molar-refractivity contribution in [2.75, 3.05) is 0 Å². The van der Waals surface area contributed by atoms with Crippen LogP contribution in [0.4, 0.5) is 0 Å². The number of carbonyl (C=O) groups is 1. The number of aryl methyl sites for hydroxylation is 1. The molecule has 0 aliphatic rings. The minimum absolute atomic E-state index is 0. The van der Waals surface area contributed by atoms with E-state index in [0.717, 1.165) is 43.5 Å². The number of thiophene rings is 1. The third kappa shape index (κ3) is 7.61. The molecule has 0 spiro atoms. The van der Waals surface area contributed by atoms with Crippen LogP contribution in [0.15, 0.2) is 76.9 Å². The van der Waals surface area contributed by atoms with E-state index in [1.165, 1.54) is 41.5 Å². The van der Waals surface area contributed by atoms with Crippen molar-refractivity contribution in [3.63, 3.8) is 0 Å². The van der Waals surface area contributed by atoms with Crippen LogP contribution < -0.4 is 0 Å². The molecule has 6 rings (SSSR count). The molecule has 1 N–H and O–H groups in total. The zero-order valence-electron chi connectivity index (χ0n) is 27.3. The van der Waals surface area contributed by atoms with Crippen molar-refractivity contribution < 1.29 is 34.4 Å². The number of aliphatic hydroxyl groups is 1. The van der Waals surface area contributed by atoms with Crippen LogP contribution in [-0.2, 0) is 35.7 Å². The van der Waals surface area contributed by atoms with E-state index < -0.39 is 0 Å². The van der Waals surface area contributed by atoms with E-state index in [1.807, 2.05) is 25.1 Å². The summed E-state index contributed by atoms with van der Waals surface area (Å²) < 4.78 is 6.22. The van der Waals surface area contributed by atoms with E-state index in [-0.39, 0.29) is 42.5 Å². The molecule has 4 aromatic heterocycles. The first-order valence-electron chi connectivity index (χ1n) is 14.8. The van der Waals surface area contributed by atoms with Crippen LogP contribution in [0.3, 0.4) is 0 Å². The maximum absolute atomic E-state index is 10.0. The minimum Gasteiger partial charge on any atom is -0.512 e. The fraction of sp³-hybridized carbons (Fsp3) is 0.289. The van der Waals surface area contributed by atoms with E-state index >= 15 is 0 Å². The maximum Gasteiger partial charge on any atom is 0.216 e. The molecule has 0 fully saturated rings. The van der Waals surface area contributed by atoms with Crippen molar-refractivity contribution in [2.24, 2.45) is 0 Å². The number of aromatic nitrogens is 2. The van der Waals surface area contributed by atoms with Crippen LogP contribution in [0.1, 0.15) is 72.2 Å². The molecule has 2 aromatic carbocycles. The van der Waals surface area contributed by atoms with Crippen molar-refractivity contribution in [1.82, 2.24) is 9.97 Å². The molecule has 0 amide bonds. The SMILES string of the molecule is CC(=O)/C=C(/C)O.Cc1ccc2c(n1)oc1c(-c3ccc4cc(-c5cc(C(C)(C)C)cc(C(C)(C)C)c5)sc4n3)[c-]ccc12.[Ir]. The minimum atomic E-state index is -0.125. The van der Waals surface area contributed by atoms with Gasteiger partial charge in [-0.15, -0.1) is 29.5 Å². The topological polar surface area (TPSA) is 76.2 Å². The smallest absolute Gasteiger partial charge is 0.216 e. The molecule has 5 nitrogen and oxygen atoms in total. The summed E-state index contributed by atoms with van der Waals surface area (Å²) in [6, 6.07) is 25.0. The number of furan rings is 1. The molecule has 0 saturated carbocycles. The Balaban J connectivity index is 0.000000519. The molecule has 0 aliphatic carbocycles. The van der Waals surface area contributed by atoms with Gasteiger partial charge in [-0.3, -0.25) is 9.78 Å². The summed E-state index contributed by atoms with van der Waals surface area (Å²) in [7, 11) is 0. The quantitative estimate of drug-likeness (QED) is 0.110. The van der Waals surface area contributed by atoms with Crippen LogP contribution in [0.25, 0.3) is 54.0 Å². The predicted octanol–water partition coefficient (Wildman–Crippen LogP) is 10.7. The monoisotopic (exact) mass is 796 g/mol. The molecule has 0 aliphatic heterocycles. The van der Waals surface area contributed by atoms with E-state index in [2.05, 4.69) is 95.1 Å². The molecule has 6 aromatic rings. The Morgan fingerprint density at radius 1 is 0.889 bits per heavy atom. The predicted molar refractivity (Wildman–Crippen MR) is 184 cm³/mol. The molecular weight excluding hydrogens is 757 g/mol. The van der Waals surface area contributed by atoms with Crippen LogP contribution in [0.5, 0.6) is 0 Å². The molecule has 45 heavy (non-hydrogen) atoms. The zero-order chi connectivity index (χ0) is 32.0. The number of ketones is 1. The number of rotatable bonds is 3. The van der Waals surface area contributed by atoms with Crippen molar-refractivity contribution in [3.8, 4) is 21.7 Å². The Bertz CT molecular complexity index is 2020. The largest absolute Gasteiger partial charge is 0.512 e. The molecule has 235 valence electrons. The molecule has 4 heterocycles. The molecule has 0 atom stereocenters. The van der Waals surface area contributed by atoms with Gasteiger partial charge in [-0.1, -0.05) is 70.7 Å². The number of nitrogens with zero attached hydrogens (tertiary/aromatic N) is 2. The summed E-state index contributed by atoms with van der Waals surface area (Å²) in [6.45, 7) is 18.5. The van der Waals surface area contributed by atoms with Crippen LogP contribution in [0.2, 0.25) is 0 Å².